The molecular formula is C21H24N4O4S2. The number of fused-ring (bicyclic) bond motifs is 1. The summed E-state index contributed by atoms with van der Waals surface area (Å²) >= 11 is 1.44. The Labute approximate surface area is 186 Å². The van der Waals surface area contributed by atoms with Crippen LogP contribution in [0.4, 0.5) is 5.00 Å². The summed E-state index contributed by atoms with van der Waals surface area (Å²) in [5, 5.41) is 13.0. The van der Waals surface area contributed by atoms with Crippen LogP contribution < -0.4 is 5.32 Å². The van der Waals surface area contributed by atoms with Crippen molar-refractivity contribution in [1.29, 1.82) is 5.26 Å². The highest BCUT2D eigenvalue weighted by molar-refractivity contribution is 7.89. The first-order valence-corrected chi connectivity index (χ1v) is 12.5. The number of likely N-dealkylation sites (N-methyl/N-ethyl adjacent to an activating group) is 1. The number of rotatable bonds is 5. The van der Waals surface area contributed by atoms with E-state index in [0.29, 0.717) is 42.4 Å². The minimum Gasteiger partial charge on any atom is -0.379 e. The smallest absolute Gasteiger partial charge is 0.256 e. The average Bonchev–Trinajstić information content (AvgIpc) is 3.15. The first kappa shape index (κ1) is 21.9. The van der Waals surface area contributed by atoms with Crippen molar-refractivity contribution in [3.63, 3.8) is 0 Å². The van der Waals surface area contributed by atoms with Crippen LogP contribution in [-0.4, -0.2) is 62.9 Å². The maximum atomic E-state index is 12.8. The molecule has 2 aromatic rings. The molecule has 3 heterocycles. The summed E-state index contributed by atoms with van der Waals surface area (Å²) in [5.74, 6) is -0.363. The fraction of sp³-hybridized carbons (Fsp3) is 0.429. The van der Waals surface area contributed by atoms with Crippen LogP contribution in [0, 0.1) is 11.3 Å². The highest BCUT2D eigenvalue weighted by Crippen LogP contribution is 2.36. The zero-order valence-electron chi connectivity index (χ0n) is 17.3. The molecule has 1 aromatic heterocycles. The Hall–Kier alpha value is -2.29. The van der Waals surface area contributed by atoms with E-state index in [0.717, 1.165) is 36.5 Å². The maximum Gasteiger partial charge on any atom is 0.256 e. The standard InChI is InChI=1S/C21H24N4O4S2/c1-2-24-8-7-17-18(13-22)21(30-19(17)14-24)23-20(26)15-3-5-16(6-4-15)31(27,28)25-9-11-29-12-10-25/h3-6H,2,7-12,14H2,1H3,(H,23,26). The second-order valence-electron chi connectivity index (χ2n) is 7.43. The van der Waals surface area contributed by atoms with Crippen molar-refractivity contribution in [2.45, 2.75) is 24.8 Å². The van der Waals surface area contributed by atoms with Gasteiger partial charge < -0.3 is 10.1 Å². The highest BCUT2D eigenvalue weighted by atomic mass is 32.2. The van der Waals surface area contributed by atoms with Crippen molar-refractivity contribution in [1.82, 2.24) is 9.21 Å². The average molecular weight is 461 g/mol. The van der Waals surface area contributed by atoms with Crippen molar-refractivity contribution < 1.29 is 17.9 Å². The first-order valence-electron chi connectivity index (χ1n) is 10.2. The lowest BCUT2D eigenvalue weighted by atomic mass is 10.0. The third kappa shape index (κ3) is 4.37. The number of nitrogens with zero attached hydrogens (tertiary/aromatic N) is 3. The molecule has 1 fully saturated rings. The maximum absolute atomic E-state index is 12.8. The third-order valence-electron chi connectivity index (χ3n) is 5.65. The molecule has 164 valence electrons. The molecule has 2 aliphatic heterocycles. The molecule has 8 nitrogen and oxygen atoms in total. The van der Waals surface area contributed by atoms with E-state index in [1.807, 2.05) is 0 Å². The van der Waals surface area contributed by atoms with E-state index < -0.39 is 10.0 Å². The lowest BCUT2D eigenvalue weighted by Crippen LogP contribution is -2.40. The van der Waals surface area contributed by atoms with Crippen LogP contribution in [-0.2, 0) is 27.7 Å². The molecular weight excluding hydrogens is 436 g/mol. The Bertz CT molecular complexity index is 1110. The normalized spacial score (nSPS) is 17.7. The lowest BCUT2D eigenvalue weighted by Gasteiger charge is -2.26. The van der Waals surface area contributed by atoms with Crippen molar-refractivity contribution in [3.8, 4) is 6.07 Å². The van der Waals surface area contributed by atoms with Gasteiger partial charge in [0, 0.05) is 36.6 Å². The molecule has 31 heavy (non-hydrogen) atoms. The Kier molecular flexibility index (Phi) is 6.41. The van der Waals surface area contributed by atoms with E-state index in [2.05, 4.69) is 23.2 Å². The zero-order chi connectivity index (χ0) is 22.0. The van der Waals surface area contributed by atoms with Gasteiger partial charge in [-0.25, -0.2) is 8.42 Å². The Morgan fingerprint density at radius 3 is 2.58 bits per heavy atom. The number of carbonyl (C=O) groups excluding carboxylic acids is 1. The number of hydrogen-bond donors (Lipinski definition) is 1. The molecule has 1 amide bonds. The number of benzene rings is 1. The summed E-state index contributed by atoms with van der Waals surface area (Å²) in [4.78, 5) is 16.3. The van der Waals surface area contributed by atoms with Gasteiger partial charge in [-0.15, -0.1) is 11.3 Å². The molecule has 0 bridgehead atoms. The summed E-state index contributed by atoms with van der Waals surface area (Å²) in [6.45, 7) is 6.14. The van der Waals surface area contributed by atoms with Gasteiger partial charge in [0.05, 0.1) is 23.7 Å². The van der Waals surface area contributed by atoms with Gasteiger partial charge in [0.25, 0.3) is 5.91 Å². The Morgan fingerprint density at radius 2 is 1.94 bits per heavy atom. The van der Waals surface area contributed by atoms with Crippen LogP contribution in [0.15, 0.2) is 29.2 Å². The predicted octanol–water partition coefficient (Wildman–Crippen LogP) is 2.27. The van der Waals surface area contributed by atoms with E-state index in [-0.39, 0.29) is 10.8 Å². The van der Waals surface area contributed by atoms with Gasteiger partial charge in [0.2, 0.25) is 10.0 Å². The predicted molar refractivity (Wildman–Crippen MR) is 118 cm³/mol. The van der Waals surface area contributed by atoms with Crippen LogP contribution in [0.25, 0.3) is 0 Å². The monoisotopic (exact) mass is 460 g/mol. The number of amides is 1. The van der Waals surface area contributed by atoms with Gasteiger partial charge in [0.1, 0.15) is 11.1 Å². The number of ether oxygens (including phenoxy) is 1. The number of anilines is 1. The number of nitriles is 1. The van der Waals surface area contributed by atoms with Crippen LogP contribution in [0.5, 0.6) is 0 Å². The highest BCUT2D eigenvalue weighted by Gasteiger charge is 2.27. The molecule has 0 spiro atoms. The van der Waals surface area contributed by atoms with Crippen LogP contribution in [0.2, 0.25) is 0 Å². The molecule has 0 unspecified atom stereocenters. The number of nitrogens with one attached hydrogen (secondary N) is 1. The third-order valence-corrected chi connectivity index (χ3v) is 8.69. The summed E-state index contributed by atoms with van der Waals surface area (Å²) in [6, 6.07) is 8.14. The van der Waals surface area contributed by atoms with Crippen molar-refractivity contribution in [2.24, 2.45) is 0 Å². The van der Waals surface area contributed by atoms with Crippen LogP contribution >= 0.6 is 11.3 Å². The van der Waals surface area contributed by atoms with Crippen LogP contribution in [0.1, 0.15) is 33.3 Å². The Morgan fingerprint density at radius 1 is 1.23 bits per heavy atom. The lowest BCUT2D eigenvalue weighted by molar-refractivity contribution is 0.0730. The summed E-state index contributed by atoms with van der Waals surface area (Å²) < 4.78 is 32.1. The van der Waals surface area contributed by atoms with Gasteiger partial charge in [-0.1, -0.05) is 6.92 Å². The number of thiophene rings is 1. The number of morpholine rings is 1. The Balaban J connectivity index is 1.51. The first-order chi connectivity index (χ1) is 14.9. The fourth-order valence-electron chi connectivity index (χ4n) is 3.82. The van der Waals surface area contributed by atoms with Crippen molar-refractivity contribution in [3.05, 3.63) is 45.8 Å². The largest absolute Gasteiger partial charge is 0.379 e. The molecule has 1 N–H and O–H groups in total. The van der Waals surface area contributed by atoms with Crippen molar-refractivity contribution >= 4 is 32.3 Å². The van der Waals surface area contributed by atoms with Gasteiger partial charge >= 0.3 is 0 Å². The molecule has 1 saturated heterocycles. The topological polar surface area (TPSA) is 103 Å². The summed E-state index contributed by atoms with van der Waals surface area (Å²) in [6.07, 6.45) is 0.798. The second kappa shape index (κ2) is 9.06. The number of carbonyl (C=O) groups is 1. The van der Waals surface area contributed by atoms with Gasteiger partial charge in [-0.3, -0.25) is 9.69 Å². The number of hydrogen-bond acceptors (Lipinski definition) is 7. The van der Waals surface area contributed by atoms with Gasteiger partial charge in [-0.05, 0) is 42.8 Å². The van der Waals surface area contributed by atoms with E-state index in [1.165, 1.54) is 39.9 Å². The summed E-state index contributed by atoms with van der Waals surface area (Å²) in [5.41, 5.74) is 1.90. The van der Waals surface area contributed by atoms with Crippen molar-refractivity contribution in [2.75, 3.05) is 44.7 Å². The summed E-state index contributed by atoms with van der Waals surface area (Å²) in [7, 11) is -3.61. The zero-order valence-corrected chi connectivity index (χ0v) is 18.9. The molecule has 0 saturated carbocycles. The van der Waals surface area contributed by atoms with E-state index in [9.17, 15) is 18.5 Å². The van der Waals surface area contributed by atoms with Gasteiger partial charge in [-0.2, -0.15) is 9.57 Å². The molecule has 2 aliphatic rings. The van der Waals surface area contributed by atoms with Crippen LogP contribution in [0.3, 0.4) is 0 Å². The SMILES string of the molecule is CCN1CCc2c(sc(NC(=O)c3ccc(S(=O)(=O)N4CCOCC4)cc3)c2C#N)C1. The minimum atomic E-state index is -3.61. The molecule has 10 heteroatoms. The number of sulfonamides is 1. The minimum absolute atomic E-state index is 0.148. The molecule has 4 rings (SSSR count). The van der Waals surface area contributed by atoms with E-state index in [1.54, 1.807) is 0 Å². The molecule has 0 aliphatic carbocycles. The van der Waals surface area contributed by atoms with Gasteiger partial charge in [0.15, 0.2) is 0 Å². The fourth-order valence-corrected chi connectivity index (χ4v) is 6.47. The molecule has 0 atom stereocenters. The molecule has 1 aromatic carbocycles. The van der Waals surface area contributed by atoms with E-state index >= 15 is 0 Å². The molecule has 0 radical (unpaired) electrons. The van der Waals surface area contributed by atoms with E-state index in [4.69, 9.17) is 4.74 Å². The second-order valence-corrected chi connectivity index (χ2v) is 10.5. The quantitative estimate of drug-likeness (QED) is 0.734.